The number of hydrogen-bond acceptors (Lipinski definition) is 3. The first-order chi connectivity index (χ1) is 9.93. The minimum absolute atomic E-state index is 0.148. The van der Waals surface area contributed by atoms with Crippen molar-refractivity contribution in [1.82, 2.24) is 4.90 Å². The molecule has 1 saturated heterocycles. The monoisotopic (exact) mass is 304 g/mol. The lowest BCUT2D eigenvalue weighted by Gasteiger charge is -2.40. The minimum Gasteiger partial charge on any atom is -0.335 e. The summed E-state index contributed by atoms with van der Waals surface area (Å²) < 4.78 is 0. The number of carbonyl (C=O) groups is 1. The largest absolute Gasteiger partial charge is 0.335 e. The van der Waals surface area contributed by atoms with Crippen LogP contribution in [0.1, 0.15) is 47.3 Å². The zero-order valence-electron chi connectivity index (χ0n) is 13.3. The molecule has 0 radical (unpaired) electrons. The summed E-state index contributed by atoms with van der Waals surface area (Å²) in [5.41, 5.74) is 6.48. The van der Waals surface area contributed by atoms with Crippen LogP contribution >= 0.6 is 11.3 Å². The molecule has 0 aromatic carbocycles. The van der Waals surface area contributed by atoms with Crippen molar-refractivity contribution in [2.45, 2.75) is 40.2 Å². The normalized spacial score (nSPS) is 25.4. The maximum atomic E-state index is 12.8. The number of carbonyl (C=O) groups excluding carboxylic acids is 1. The van der Waals surface area contributed by atoms with Gasteiger partial charge in [0.2, 0.25) is 0 Å². The van der Waals surface area contributed by atoms with Crippen LogP contribution in [-0.4, -0.2) is 29.9 Å². The van der Waals surface area contributed by atoms with Gasteiger partial charge in [0.1, 0.15) is 0 Å². The van der Waals surface area contributed by atoms with Crippen LogP contribution in [0.25, 0.3) is 0 Å². The number of aryl methyl sites for hydroxylation is 1. The van der Waals surface area contributed by atoms with Crippen molar-refractivity contribution >= 4 is 17.2 Å². The predicted molar refractivity (Wildman–Crippen MR) is 88.4 cm³/mol. The summed E-state index contributed by atoms with van der Waals surface area (Å²) in [7, 11) is 0. The summed E-state index contributed by atoms with van der Waals surface area (Å²) >= 11 is 1.49. The highest BCUT2D eigenvalue weighted by atomic mass is 32.1. The molecule has 2 rings (SSSR count). The first-order valence-corrected chi connectivity index (χ1v) is 8.36. The highest BCUT2D eigenvalue weighted by Crippen LogP contribution is 2.30. The second-order valence-electron chi connectivity index (χ2n) is 6.14. The van der Waals surface area contributed by atoms with E-state index in [9.17, 15) is 4.79 Å². The molecule has 114 valence electrons. The van der Waals surface area contributed by atoms with E-state index < -0.39 is 0 Å². The Labute approximate surface area is 131 Å². The number of nitrogens with zero attached hydrogens (tertiary/aromatic N) is 1. The molecule has 1 aliphatic rings. The van der Waals surface area contributed by atoms with E-state index in [0.717, 1.165) is 21.9 Å². The molecular formula is C17H24N2OS. The van der Waals surface area contributed by atoms with E-state index in [2.05, 4.69) is 32.6 Å². The van der Waals surface area contributed by atoms with Crippen molar-refractivity contribution in [3.63, 3.8) is 0 Å². The Kier molecular flexibility index (Phi) is 5.08. The van der Waals surface area contributed by atoms with E-state index in [4.69, 9.17) is 5.73 Å². The second kappa shape index (κ2) is 6.64. The summed E-state index contributed by atoms with van der Waals surface area (Å²) in [6, 6.07) is 2.26. The van der Waals surface area contributed by atoms with Gasteiger partial charge in [0.15, 0.2) is 0 Å². The molecule has 1 amide bonds. The Morgan fingerprint density at radius 3 is 2.86 bits per heavy atom. The molecule has 3 nitrogen and oxygen atoms in total. The van der Waals surface area contributed by atoms with E-state index in [1.54, 1.807) is 0 Å². The molecule has 2 heterocycles. The van der Waals surface area contributed by atoms with E-state index >= 15 is 0 Å². The first kappa shape index (κ1) is 16.1. The van der Waals surface area contributed by atoms with E-state index in [0.29, 0.717) is 24.4 Å². The molecule has 4 heteroatoms. The van der Waals surface area contributed by atoms with Crippen LogP contribution in [0.5, 0.6) is 0 Å². The zero-order chi connectivity index (χ0) is 15.6. The summed E-state index contributed by atoms with van der Waals surface area (Å²) in [6.45, 7) is 9.81. The molecule has 1 aromatic heterocycles. The van der Waals surface area contributed by atoms with E-state index in [1.807, 2.05) is 17.9 Å². The molecule has 1 aromatic rings. The van der Waals surface area contributed by atoms with E-state index in [-0.39, 0.29) is 5.91 Å². The third-order valence-corrected chi connectivity index (χ3v) is 5.43. The fraction of sp³-hybridized carbons (Fsp3) is 0.588. The van der Waals surface area contributed by atoms with Crippen LogP contribution in [0.3, 0.4) is 0 Å². The molecule has 3 atom stereocenters. The second-order valence-corrected chi connectivity index (χ2v) is 7.20. The van der Waals surface area contributed by atoms with Gasteiger partial charge in [0.25, 0.3) is 5.91 Å². The Morgan fingerprint density at radius 1 is 1.48 bits per heavy atom. The minimum atomic E-state index is 0.148. The summed E-state index contributed by atoms with van der Waals surface area (Å²) in [6.07, 6.45) is 1.20. The number of piperidine rings is 1. The van der Waals surface area contributed by atoms with Crippen LogP contribution in [-0.2, 0) is 0 Å². The quantitative estimate of drug-likeness (QED) is 0.811. The van der Waals surface area contributed by atoms with E-state index in [1.165, 1.54) is 17.8 Å². The zero-order valence-corrected chi connectivity index (χ0v) is 14.1. The van der Waals surface area contributed by atoms with Gasteiger partial charge in [-0.3, -0.25) is 4.79 Å². The predicted octanol–water partition coefficient (Wildman–Crippen LogP) is 2.87. The smallest absolute Gasteiger partial charge is 0.264 e. The highest BCUT2D eigenvalue weighted by molar-refractivity contribution is 7.14. The third kappa shape index (κ3) is 3.48. The summed E-state index contributed by atoms with van der Waals surface area (Å²) in [5, 5.41) is 0. The fourth-order valence-electron chi connectivity index (χ4n) is 2.97. The molecule has 3 unspecified atom stereocenters. The molecule has 1 fully saturated rings. The number of hydrogen-bond donors (Lipinski definition) is 1. The number of rotatable bonds is 1. The molecule has 2 N–H and O–H groups in total. The topological polar surface area (TPSA) is 46.3 Å². The van der Waals surface area contributed by atoms with Gasteiger partial charge in [-0.25, -0.2) is 0 Å². The lowest BCUT2D eigenvalue weighted by atomic mass is 9.86. The number of nitrogens with two attached hydrogens (primary N) is 1. The third-order valence-electron chi connectivity index (χ3n) is 4.29. The molecule has 0 spiro atoms. The van der Waals surface area contributed by atoms with Crippen molar-refractivity contribution in [2.24, 2.45) is 17.6 Å². The Bertz CT molecular complexity index is 581. The van der Waals surface area contributed by atoms with Gasteiger partial charge >= 0.3 is 0 Å². The molecule has 0 aliphatic carbocycles. The highest BCUT2D eigenvalue weighted by Gasteiger charge is 2.33. The molecule has 1 aliphatic heterocycles. The van der Waals surface area contributed by atoms with Crippen molar-refractivity contribution in [3.8, 4) is 11.8 Å². The van der Waals surface area contributed by atoms with Gasteiger partial charge in [-0.05, 0) is 43.7 Å². The molecule has 21 heavy (non-hydrogen) atoms. The Morgan fingerprint density at radius 2 is 2.19 bits per heavy atom. The van der Waals surface area contributed by atoms with Crippen molar-refractivity contribution in [2.75, 3.05) is 13.1 Å². The average Bonchev–Trinajstić information content (AvgIpc) is 2.81. The van der Waals surface area contributed by atoms with Gasteiger partial charge in [0, 0.05) is 12.6 Å². The van der Waals surface area contributed by atoms with Gasteiger partial charge in [-0.2, -0.15) is 0 Å². The Balaban J connectivity index is 2.23. The first-order valence-electron chi connectivity index (χ1n) is 7.54. The summed E-state index contributed by atoms with van der Waals surface area (Å²) in [5.74, 6) is 7.18. The summed E-state index contributed by atoms with van der Waals surface area (Å²) in [4.78, 5) is 16.6. The molecule has 0 saturated carbocycles. The van der Waals surface area contributed by atoms with Crippen LogP contribution in [0.4, 0.5) is 0 Å². The SMILES string of the molecule is Cc1cc(C(=O)N2CC(C)CC(C)C2C)sc1C#CCN. The fourth-order valence-corrected chi connectivity index (χ4v) is 3.97. The maximum Gasteiger partial charge on any atom is 0.264 e. The van der Waals surface area contributed by atoms with Gasteiger partial charge in [-0.15, -0.1) is 11.3 Å². The Hall–Kier alpha value is -1.31. The lowest BCUT2D eigenvalue weighted by molar-refractivity contribution is 0.0460. The van der Waals surface area contributed by atoms with Gasteiger partial charge in [-0.1, -0.05) is 25.7 Å². The average molecular weight is 304 g/mol. The maximum absolute atomic E-state index is 12.8. The lowest BCUT2D eigenvalue weighted by Crippen LogP contribution is -2.48. The standard InChI is InChI=1S/C17H24N2OS/c1-11-8-12(2)14(4)19(10-11)17(20)16-9-13(3)15(21-16)6-5-7-18/h9,11-12,14H,7-8,10,18H2,1-4H3. The molecular weight excluding hydrogens is 280 g/mol. The van der Waals surface area contributed by atoms with Crippen molar-refractivity contribution < 1.29 is 4.79 Å². The van der Waals surface area contributed by atoms with Crippen molar-refractivity contribution in [1.29, 1.82) is 0 Å². The number of amides is 1. The van der Waals surface area contributed by atoms with Crippen LogP contribution in [0.15, 0.2) is 6.07 Å². The van der Waals surface area contributed by atoms with Gasteiger partial charge in [0.05, 0.1) is 16.3 Å². The number of likely N-dealkylation sites (tertiary alicyclic amines) is 1. The van der Waals surface area contributed by atoms with Crippen molar-refractivity contribution in [3.05, 3.63) is 21.4 Å². The molecule has 0 bridgehead atoms. The van der Waals surface area contributed by atoms with Gasteiger partial charge < -0.3 is 10.6 Å². The van der Waals surface area contributed by atoms with Crippen LogP contribution in [0.2, 0.25) is 0 Å². The van der Waals surface area contributed by atoms with Crippen LogP contribution in [0, 0.1) is 30.6 Å². The van der Waals surface area contributed by atoms with Crippen LogP contribution < -0.4 is 5.73 Å². The number of thiophene rings is 1.